The van der Waals surface area contributed by atoms with E-state index in [0.717, 1.165) is 5.46 Å². The van der Waals surface area contributed by atoms with Crippen molar-refractivity contribution in [1.82, 2.24) is 4.98 Å². The molecule has 6 heteroatoms. The third-order valence-corrected chi connectivity index (χ3v) is 4.47. The fourth-order valence-electron chi connectivity index (χ4n) is 2.32. The molecule has 5 nitrogen and oxygen atoms in total. The van der Waals surface area contributed by atoms with Gasteiger partial charge in [0.05, 0.1) is 22.8 Å². The average molecular weight is 322 g/mol. The summed E-state index contributed by atoms with van der Waals surface area (Å²) in [5.41, 5.74) is 0.614. The quantitative estimate of drug-likeness (QED) is 0.813. The molecule has 0 atom stereocenters. The predicted molar refractivity (Wildman–Crippen MR) is 91.2 cm³/mol. The van der Waals surface area contributed by atoms with Crippen molar-refractivity contribution in [3.05, 3.63) is 48.2 Å². The lowest BCUT2D eigenvalue weighted by Gasteiger charge is -2.32. The van der Waals surface area contributed by atoms with Gasteiger partial charge in [-0.2, -0.15) is 5.26 Å². The molecule has 1 aromatic carbocycles. The van der Waals surface area contributed by atoms with Gasteiger partial charge in [-0.15, -0.1) is 0 Å². The van der Waals surface area contributed by atoms with Gasteiger partial charge in [0.2, 0.25) is 5.88 Å². The van der Waals surface area contributed by atoms with Crippen molar-refractivity contribution >= 4 is 12.6 Å². The summed E-state index contributed by atoms with van der Waals surface area (Å²) in [5.74, 6) is 1.02. The Morgan fingerprint density at radius 1 is 1.08 bits per heavy atom. The molecule has 122 valence electrons. The molecule has 0 N–H and O–H groups in total. The molecule has 2 aromatic rings. The largest absolute Gasteiger partial charge is 0.496 e. The summed E-state index contributed by atoms with van der Waals surface area (Å²) in [4.78, 5) is 4.30. The highest BCUT2D eigenvalue weighted by molar-refractivity contribution is 6.62. The van der Waals surface area contributed by atoms with Crippen LogP contribution in [0.4, 0.5) is 0 Å². The SMILES string of the molecule is CC1(C)OB(c2ccc(Oc3cccc(C#N)c3)nc2)OC1(C)C. The second-order valence-corrected chi connectivity index (χ2v) is 6.76. The number of hydrogen-bond donors (Lipinski definition) is 0. The molecule has 1 aliphatic rings. The van der Waals surface area contributed by atoms with E-state index in [1.807, 2.05) is 33.8 Å². The first-order valence-electron chi connectivity index (χ1n) is 7.80. The third kappa shape index (κ3) is 3.14. The second-order valence-electron chi connectivity index (χ2n) is 6.76. The second kappa shape index (κ2) is 5.93. The maximum absolute atomic E-state index is 8.92. The van der Waals surface area contributed by atoms with E-state index in [1.54, 1.807) is 36.5 Å². The van der Waals surface area contributed by atoms with Crippen LogP contribution >= 0.6 is 0 Å². The summed E-state index contributed by atoms with van der Waals surface area (Å²) in [7, 11) is -0.446. The van der Waals surface area contributed by atoms with Crippen molar-refractivity contribution < 1.29 is 14.0 Å². The zero-order valence-electron chi connectivity index (χ0n) is 14.2. The highest BCUT2D eigenvalue weighted by Gasteiger charge is 2.51. The van der Waals surface area contributed by atoms with Crippen LogP contribution in [-0.4, -0.2) is 23.3 Å². The Hall–Kier alpha value is -2.36. The zero-order chi connectivity index (χ0) is 17.4. The van der Waals surface area contributed by atoms with Gasteiger partial charge < -0.3 is 14.0 Å². The highest BCUT2D eigenvalue weighted by atomic mass is 16.7. The Balaban J connectivity index is 1.74. The van der Waals surface area contributed by atoms with Gasteiger partial charge in [0.25, 0.3) is 0 Å². The molecule has 1 aromatic heterocycles. The van der Waals surface area contributed by atoms with E-state index in [1.165, 1.54) is 0 Å². The third-order valence-electron chi connectivity index (χ3n) is 4.47. The molecule has 1 aliphatic heterocycles. The van der Waals surface area contributed by atoms with Gasteiger partial charge in [-0.1, -0.05) is 12.1 Å². The van der Waals surface area contributed by atoms with Crippen molar-refractivity contribution in [2.75, 3.05) is 0 Å². The Labute approximate surface area is 142 Å². The van der Waals surface area contributed by atoms with Gasteiger partial charge >= 0.3 is 7.12 Å². The summed E-state index contributed by atoms with van der Waals surface area (Å²) < 4.78 is 17.7. The van der Waals surface area contributed by atoms with Gasteiger partial charge in [0, 0.05) is 17.7 Å². The number of aromatic nitrogens is 1. The fourth-order valence-corrected chi connectivity index (χ4v) is 2.32. The minimum Gasteiger partial charge on any atom is -0.439 e. The van der Waals surface area contributed by atoms with Crippen LogP contribution in [0.3, 0.4) is 0 Å². The van der Waals surface area contributed by atoms with E-state index in [-0.39, 0.29) is 11.2 Å². The molecule has 2 heterocycles. The topological polar surface area (TPSA) is 64.4 Å². The molecule has 3 rings (SSSR count). The molecular weight excluding hydrogens is 303 g/mol. The van der Waals surface area contributed by atoms with Crippen molar-refractivity contribution in [1.29, 1.82) is 5.26 Å². The Kier molecular flexibility index (Phi) is 4.08. The molecule has 0 spiro atoms. The van der Waals surface area contributed by atoms with E-state index >= 15 is 0 Å². The van der Waals surface area contributed by atoms with Crippen molar-refractivity contribution in [2.24, 2.45) is 0 Å². The lowest BCUT2D eigenvalue weighted by Crippen LogP contribution is -2.41. The number of benzene rings is 1. The highest BCUT2D eigenvalue weighted by Crippen LogP contribution is 2.36. The van der Waals surface area contributed by atoms with Crippen molar-refractivity contribution in [3.63, 3.8) is 0 Å². The summed E-state index contributed by atoms with van der Waals surface area (Å²) in [6, 6.07) is 12.7. The van der Waals surface area contributed by atoms with E-state index in [2.05, 4.69) is 11.1 Å². The van der Waals surface area contributed by atoms with Crippen LogP contribution in [0.1, 0.15) is 33.3 Å². The molecule has 0 saturated carbocycles. The fraction of sp³-hybridized carbons (Fsp3) is 0.333. The lowest BCUT2D eigenvalue weighted by molar-refractivity contribution is 0.00578. The molecule has 0 unspecified atom stereocenters. The normalized spacial score (nSPS) is 18.2. The smallest absolute Gasteiger partial charge is 0.439 e. The van der Waals surface area contributed by atoms with Gasteiger partial charge in [0.1, 0.15) is 5.75 Å². The van der Waals surface area contributed by atoms with Crippen LogP contribution < -0.4 is 10.2 Å². The van der Waals surface area contributed by atoms with E-state index in [4.69, 9.17) is 19.3 Å². The monoisotopic (exact) mass is 322 g/mol. The lowest BCUT2D eigenvalue weighted by atomic mass is 9.80. The minimum absolute atomic E-state index is 0.384. The summed E-state index contributed by atoms with van der Waals surface area (Å²) in [6.07, 6.45) is 1.69. The molecular formula is C18H19BN2O3. The van der Waals surface area contributed by atoms with Crippen molar-refractivity contribution in [2.45, 2.75) is 38.9 Å². The van der Waals surface area contributed by atoms with Crippen LogP contribution in [-0.2, 0) is 9.31 Å². The number of pyridine rings is 1. The van der Waals surface area contributed by atoms with Gasteiger partial charge in [-0.05, 0) is 45.9 Å². The van der Waals surface area contributed by atoms with Crippen LogP contribution in [0.25, 0.3) is 0 Å². The Morgan fingerprint density at radius 3 is 2.38 bits per heavy atom. The van der Waals surface area contributed by atoms with Crippen LogP contribution in [0.2, 0.25) is 0 Å². The van der Waals surface area contributed by atoms with Crippen molar-refractivity contribution in [3.8, 4) is 17.7 Å². The molecule has 0 aliphatic carbocycles. The molecule has 0 radical (unpaired) electrons. The molecule has 0 bridgehead atoms. The summed E-state index contributed by atoms with van der Waals surface area (Å²) in [6.45, 7) is 8.06. The molecule has 0 amide bonds. The molecule has 1 saturated heterocycles. The maximum atomic E-state index is 8.92. The van der Waals surface area contributed by atoms with E-state index < -0.39 is 7.12 Å². The number of nitriles is 1. The number of nitrogens with zero attached hydrogens (tertiary/aromatic N) is 2. The average Bonchev–Trinajstić information content (AvgIpc) is 2.76. The molecule has 24 heavy (non-hydrogen) atoms. The zero-order valence-corrected chi connectivity index (χ0v) is 14.2. The Morgan fingerprint density at radius 2 is 1.79 bits per heavy atom. The number of ether oxygens (including phenoxy) is 1. The van der Waals surface area contributed by atoms with Crippen LogP contribution in [0.15, 0.2) is 42.6 Å². The van der Waals surface area contributed by atoms with Gasteiger partial charge in [0.15, 0.2) is 0 Å². The first kappa shape index (κ1) is 16.5. The number of hydrogen-bond acceptors (Lipinski definition) is 5. The minimum atomic E-state index is -0.446. The van der Waals surface area contributed by atoms with E-state index in [0.29, 0.717) is 17.2 Å². The summed E-state index contributed by atoms with van der Waals surface area (Å²) >= 11 is 0. The van der Waals surface area contributed by atoms with Crippen LogP contribution in [0, 0.1) is 11.3 Å². The maximum Gasteiger partial charge on any atom is 0.496 e. The predicted octanol–water partition coefficient (Wildman–Crippen LogP) is 3.04. The summed E-state index contributed by atoms with van der Waals surface area (Å²) in [5, 5.41) is 8.92. The molecule has 1 fully saturated rings. The number of rotatable bonds is 3. The first-order chi connectivity index (χ1) is 11.3. The first-order valence-corrected chi connectivity index (χ1v) is 7.80. The standard InChI is InChI=1S/C18H19BN2O3/c1-17(2)18(3,4)24-19(23-17)14-8-9-16(21-12-14)22-15-7-5-6-13(10-15)11-20/h5-10,12H,1-4H3. The van der Waals surface area contributed by atoms with E-state index in [9.17, 15) is 0 Å². The van der Waals surface area contributed by atoms with Gasteiger partial charge in [-0.3, -0.25) is 0 Å². The van der Waals surface area contributed by atoms with Crippen LogP contribution in [0.5, 0.6) is 11.6 Å². The Bertz CT molecular complexity index is 766. The van der Waals surface area contributed by atoms with Gasteiger partial charge in [-0.25, -0.2) is 4.98 Å².